The van der Waals surface area contributed by atoms with E-state index in [0.717, 1.165) is 6.61 Å². The first-order valence-electron chi connectivity index (χ1n) is 8.89. The molecule has 0 radical (unpaired) electrons. The van der Waals surface area contributed by atoms with E-state index >= 15 is 0 Å². The topological polar surface area (TPSA) is 69.8 Å². The molecule has 4 rings (SSSR count). The van der Waals surface area contributed by atoms with Crippen LogP contribution in [0.15, 0.2) is 48.5 Å². The molecule has 0 bridgehead atoms. The second-order valence-corrected chi connectivity index (χ2v) is 7.44. The molecule has 2 saturated heterocycles. The molecule has 142 valence electrons. The monoisotopic (exact) mass is 370 g/mol. The molecule has 2 aliphatic rings. The second kappa shape index (κ2) is 6.87. The van der Waals surface area contributed by atoms with Crippen molar-refractivity contribution in [3.63, 3.8) is 0 Å². The number of ether oxygens (including phenoxy) is 5. The van der Waals surface area contributed by atoms with Gasteiger partial charge in [-0.3, -0.25) is 0 Å². The molecular formula is C21H22O6. The first-order chi connectivity index (χ1) is 12.9. The number of epoxide rings is 2. The molecule has 6 heteroatoms. The third-order valence-electron chi connectivity index (χ3n) is 4.49. The molecule has 2 atom stereocenters. The third-order valence-corrected chi connectivity index (χ3v) is 4.49. The van der Waals surface area contributed by atoms with Gasteiger partial charge in [-0.1, -0.05) is 0 Å². The predicted octanol–water partition coefficient (Wildman–Crippen LogP) is 3.24. The lowest BCUT2D eigenvalue weighted by atomic mass is 10.2. The van der Waals surface area contributed by atoms with Crippen LogP contribution in [0.3, 0.4) is 0 Å². The largest absolute Gasteiger partial charge is 0.491 e. The van der Waals surface area contributed by atoms with Crippen LogP contribution < -0.4 is 14.2 Å². The predicted molar refractivity (Wildman–Crippen MR) is 97.5 cm³/mol. The highest BCUT2D eigenvalue weighted by Gasteiger charge is 2.40. The Balaban J connectivity index is 1.28. The Morgan fingerprint density at radius 1 is 0.815 bits per heavy atom. The lowest BCUT2D eigenvalue weighted by molar-refractivity contribution is 0.0734. The van der Waals surface area contributed by atoms with E-state index in [9.17, 15) is 4.79 Å². The first-order valence-corrected chi connectivity index (χ1v) is 8.89. The van der Waals surface area contributed by atoms with Crippen LogP contribution in [0.25, 0.3) is 0 Å². The van der Waals surface area contributed by atoms with E-state index in [0.29, 0.717) is 42.6 Å². The average Bonchev–Trinajstić information content (AvgIpc) is 3.60. The van der Waals surface area contributed by atoms with E-state index in [4.69, 9.17) is 23.7 Å². The number of esters is 1. The van der Waals surface area contributed by atoms with Crippen molar-refractivity contribution in [2.45, 2.75) is 25.0 Å². The summed E-state index contributed by atoms with van der Waals surface area (Å²) < 4.78 is 27.3. The van der Waals surface area contributed by atoms with Gasteiger partial charge < -0.3 is 23.7 Å². The summed E-state index contributed by atoms with van der Waals surface area (Å²) in [6.07, 6.45) is 0. The number of carbonyl (C=O) groups is 1. The highest BCUT2D eigenvalue weighted by molar-refractivity contribution is 5.91. The first kappa shape index (κ1) is 17.8. The highest BCUT2D eigenvalue weighted by Crippen LogP contribution is 2.28. The van der Waals surface area contributed by atoms with Gasteiger partial charge in [0.2, 0.25) is 0 Å². The van der Waals surface area contributed by atoms with Crippen LogP contribution in [-0.4, -0.2) is 43.6 Å². The molecule has 2 unspecified atom stereocenters. The minimum Gasteiger partial charge on any atom is -0.491 e. The quantitative estimate of drug-likeness (QED) is 0.404. The summed E-state index contributed by atoms with van der Waals surface area (Å²) in [5, 5.41) is 0. The lowest BCUT2D eigenvalue weighted by Gasteiger charge is -2.10. The van der Waals surface area contributed by atoms with E-state index in [1.54, 1.807) is 48.5 Å². The Labute approximate surface area is 157 Å². The van der Waals surface area contributed by atoms with Crippen molar-refractivity contribution >= 4 is 5.97 Å². The maximum Gasteiger partial charge on any atom is 0.343 e. The van der Waals surface area contributed by atoms with Gasteiger partial charge in [-0.15, -0.1) is 0 Å². The van der Waals surface area contributed by atoms with Gasteiger partial charge in [-0.2, -0.15) is 0 Å². The van der Waals surface area contributed by atoms with E-state index in [-0.39, 0.29) is 11.2 Å². The molecule has 0 saturated carbocycles. The van der Waals surface area contributed by atoms with Crippen molar-refractivity contribution in [2.75, 3.05) is 26.4 Å². The van der Waals surface area contributed by atoms with Crippen molar-refractivity contribution in [3.8, 4) is 17.2 Å². The van der Waals surface area contributed by atoms with E-state index < -0.39 is 5.97 Å². The Hall–Kier alpha value is -2.57. The fourth-order valence-corrected chi connectivity index (χ4v) is 2.34. The molecule has 2 aromatic carbocycles. The number of carbonyl (C=O) groups excluding carboxylic acids is 1. The number of benzene rings is 2. The number of rotatable bonds is 8. The van der Waals surface area contributed by atoms with Crippen molar-refractivity contribution in [1.82, 2.24) is 0 Å². The van der Waals surface area contributed by atoms with Gasteiger partial charge >= 0.3 is 5.97 Å². The van der Waals surface area contributed by atoms with Gasteiger partial charge in [-0.05, 0) is 62.4 Å². The van der Waals surface area contributed by atoms with Gasteiger partial charge in [0.15, 0.2) is 0 Å². The van der Waals surface area contributed by atoms with Gasteiger partial charge in [0, 0.05) is 0 Å². The molecule has 0 N–H and O–H groups in total. The van der Waals surface area contributed by atoms with Gasteiger partial charge in [-0.25, -0.2) is 4.79 Å². The van der Waals surface area contributed by atoms with E-state index in [2.05, 4.69) is 0 Å². The van der Waals surface area contributed by atoms with E-state index in [1.165, 1.54) is 0 Å². The fourth-order valence-electron chi connectivity index (χ4n) is 2.34. The molecular weight excluding hydrogens is 348 g/mol. The van der Waals surface area contributed by atoms with Gasteiger partial charge in [0.25, 0.3) is 0 Å². The fraction of sp³-hybridized carbons (Fsp3) is 0.381. The molecule has 0 aliphatic carbocycles. The maximum atomic E-state index is 12.3. The van der Waals surface area contributed by atoms with Gasteiger partial charge in [0.1, 0.15) is 41.7 Å². The zero-order valence-corrected chi connectivity index (χ0v) is 15.4. The molecule has 2 aromatic rings. The minimum absolute atomic E-state index is 0.162. The Morgan fingerprint density at radius 2 is 1.22 bits per heavy atom. The summed E-state index contributed by atoms with van der Waals surface area (Å²) in [6.45, 7) is 6.44. The van der Waals surface area contributed by atoms with Crippen LogP contribution in [0.2, 0.25) is 0 Å². The summed E-state index contributed by atoms with van der Waals surface area (Å²) in [7, 11) is 0. The number of hydrogen-bond acceptors (Lipinski definition) is 6. The van der Waals surface area contributed by atoms with Crippen LogP contribution in [0.1, 0.15) is 24.2 Å². The standard InChI is InChI=1S/C21H22O6/c1-20(13-25-20)11-23-16-5-3-15(4-6-16)19(22)27-18-9-7-17(8-10-18)24-12-21(2)14-26-21/h3-10H,11-14H2,1-2H3. The molecule has 2 aliphatic heterocycles. The molecule has 0 spiro atoms. The van der Waals surface area contributed by atoms with Crippen molar-refractivity contribution < 1.29 is 28.5 Å². The molecule has 0 amide bonds. The zero-order chi connectivity index (χ0) is 18.9. The SMILES string of the molecule is CC1(COc2ccc(OC(=O)c3ccc(OCC4(C)CO4)cc3)cc2)CO1. The summed E-state index contributed by atoms with van der Waals surface area (Å²) in [4.78, 5) is 12.3. The Morgan fingerprint density at radius 3 is 1.67 bits per heavy atom. The Kier molecular flexibility index (Phi) is 4.53. The summed E-state index contributed by atoms with van der Waals surface area (Å²) >= 11 is 0. The Bertz CT molecular complexity index is 804. The molecule has 2 fully saturated rings. The van der Waals surface area contributed by atoms with Crippen molar-refractivity contribution in [3.05, 3.63) is 54.1 Å². The smallest absolute Gasteiger partial charge is 0.343 e. The van der Waals surface area contributed by atoms with Crippen LogP contribution in [0.4, 0.5) is 0 Å². The average molecular weight is 370 g/mol. The highest BCUT2D eigenvalue weighted by atomic mass is 16.6. The second-order valence-electron chi connectivity index (χ2n) is 7.44. The number of hydrogen-bond donors (Lipinski definition) is 0. The zero-order valence-electron chi connectivity index (χ0n) is 15.4. The molecule has 2 heterocycles. The van der Waals surface area contributed by atoms with Crippen molar-refractivity contribution in [1.29, 1.82) is 0 Å². The van der Waals surface area contributed by atoms with Crippen molar-refractivity contribution in [2.24, 2.45) is 0 Å². The maximum absolute atomic E-state index is 12.3. The normalized spacial score (nSPS) is 25.6. The minimum atomic E-state index is -0.424. The van der Waals surface area contributed by atoms with E-state index in [1.807, 2.05) is 13.8 Å². The van der Waals surface area contributed by atoms with Gasteiger partial charge in [0.05, 0.1) is 18.8 Å². The molecule has 6 nitrogen and oxygen atoms in total. The summed E-state index contributed by atoms with van der Waals surface area (Å²) in [5.74, 6) is 1.44. The summed E-state index contributed by atoms with van der Waals surface area (Å²) in [6, 6.07) is 13.8. The molecule has 0 aromatic heterocycles. The molecule has 27 heavy (non-hydrogen) atoms. The van der Waals surface area contributed by atoms with Crippen LogP contribution in [-0.2, 0) is 9.47 Å². The van der Waals surface area contributed by atoms with Crippen LogP contribution in [0, 0.1) is 0 Å². The lowest BCUT2D eigenvalue weighted by Crippen LogP contribution is -2.17. The van der Waals surface area contributed by atoms with Crippen LogP contribution in [0.5, 0.6) is 17.2 Å². The summed E-state index contributed by atoms with van der Waals surface area (Å²) in [5.41, 5.74) is 0.122. The third kappa shape index (κ3) is 4.78. The van der Waals surface area contributed by atoms with Crippen LogP contribution >= 0.6 is 0 Å².